The first-order valence-corrected chi connectivity index (χ1v) is 12.5. The third-order valence-corrected chi connectivity index (χ3v) is 7.35. The number of hydrogen-bond acceptors (Lipinski definition) is 8. The maximum Gasteiger partial charge on any atom is 0.314 e. The molecule has 0 radical (unpaired) electrons. The molecular formula is C29H25ClN2O7. The molecule has 39 heavy (non-hydrogen) atoms. The van der Waals surface area contributed by atoms with Crippen molar-refractivity contribution in [2.45, 2.75) is 5.92 Å². The summed E-state index contributed by atoms with van der Waals surface area (Å²) in [7, 11) is 6.02. The second kappa shape index (κ2) is 9.74. The van der Waals surface area contributed by atoms with Crippen LogP contribution in [-0.4, -0.2) is 51.2 Å². The lowest BCUT2D eigenvalue weighted by molar-refractivity contribution is -0.143. The summed E-state index contributed by atoms with van der Waals surface area (Å²) in [5, 5.41) is 0.577. The topological polar surface area (TPSA) is 101 Å². The third-order valence-electron chi connectivity index (χ3n) is 7.11. The van der Waals surface area contributed by atoms with E-state index in [-0.39, 0.29) is 6.79 Å². The number of halogens is 1. The van der Waals surface area contributed by atoms with Crippen LogP contribution in [0.1, 0.15) is 28.4 Å². The molecule has 10 heteroatoms. The monoisotopic (exact) mass is 548 g/mol. The van der Waals surface area contributed by atoms with Crippen molar-refractivity contribution in [1.82, 2.24) is 9.97 Å². The van der Waals surface area contributed by atoms with Crippen LogP contribution in [0.4, 0.5) is 0 Å². The summed E-state index contributed by atoms with van der Waals surface area (Å²) in [6.07, 6.45) is 1.94. The highest BCUT2D eigenvalue weighted by atomic mass is 35.5. The summed E-state index contributed by atoms with van der Waals surface area (Å²) in [5.74, 6) is 1.41. The molecule has 0 fully saturated rings. The molecule has 1 aromatic heterocycles. The standard InChI is InChI=1S/C29H25ClN2O7/c1-34-23-9-15(10-24(35-2)27(23)36-3)25-17-12-22-21(38-13-39-22)8-14(17)7-18(26(25)29(33)37-4)28-31-19-6-5-16(30)11-20(19)32-28/h5-12,25-26H,13H2,1-4H3,(H,31,32)/t25-,26+/m1/s1. The molecule has 0 saturated carbocycles. The second-order valence-corrected chi connectivity index (χ2v) is 9.55. The number of benzene rings is 3. The molecule has 4 aromatic rings. The molecule has 1 N–H and O–H groups in total. The highest BCUT2D eigenvalue weighted by Crippen LogP contribution is 2.52. The molecule has 200 valence electrons. The number of nitrogens with one attached hydrogen (secondary N) is 1. The normalized spacial score (nSPS) is 17.4. The van der Waals surface area contributed by atoms with Gasteiger partial charge in [0.15, 0.2) is 23.0 Å². The largest absolute Gasteiger partial charge is 0.493 e. The van der Waals surface area contributed by atoms with E-state index in [1.54, 1.807) is 33.5 Å². The highest BCUT2D eigenvalue weighted by Gasteiger charge is 2.42. The van der Waals surface area contributed by atoms with E-state index in [2.05, 4.69) is 4.98 Å². The number of imidazole rings is 1. The summed E-state index contributed by atoms with van der Waals surface area (Å²) in [6.45, 7) is 0.119. The number of aromatic nitrogens is 2. The van der Waals surface area contributed by atoms with E-state index in [0.717, 1.165) is 27.7 Å². The Balaban J connectivity index is 1.63. The number of ether oxygens (including phenoxy) is 6. The lowest BCUT2D eigenvalue weighted by Gasteiger charge is -2.33. The smallest absolute Gasteiger partial charge is 0.314 e. The van der Waals surface area contributed by atoms with E-state index in [0.29, 0.717) is 45.2 Å². The molecular weight excluding hydrogens is 524 g/mol. The van der Waals surface area contributed by atoms with Gasteiger partial charge >= 0.3 is 5.97 Å². The molecule has 2 aliphatic rings. The number of aromatic amines is 1. The summed E-state index contributed by atoms with van der Waals surface area (Å²) in [5.41, 5.74) is 4.59. The van der Waals surface area contributed by atoms with E-state index in [1.165, 1.54) is 7.11 Å². The molecule has 0 amide bonds. The van der Waals surface area contributed by atoms with Gasteiger partial charge in [-0.25, -0.2) is 4.98 Å². The zero-order valence-electron chi connectivity index (χ0n) is 21.7. The van der Waals surface area contributed by atoms with E-state index >= 15 is 0 Å². The van der Waals surface area contributed by atoms with E-state index in [9.17, 15) is 4.79 Å². The number of esters is 1. The van der Waals surface area contributed by atoms with Crippen molar-refractivity contribution in [3.05, 3.63) is 70.0 Å². The molecule has 2 atom stereocenters. The Morgan fingerprint density at radius 3 is 2.36 bits per heavy atom. The van der Waals surface area contributed by atoms with Gasteiger partial charge in [-0.2, -0.15) is 0 Å². The van der Waals surface area contributed by atoms with Gasteiger partial charge in [0, 0.05) is 16.5 Å². The van der Waals surface area contributed by atoms with Crippen LogP contribution >= 0.6 is 11.6 Å². The number of rotatable bonds is 6. The van der Waals surface area contributed by atoms with Crippen LogP contribution in [-0.2, 0) is 9.53 Å². The molecule has 2 heterocycles. The number of H-pyrrole nitrogens is 1. The summed E-state index contributed by atoms with van der Waals surface area (Å²) in [4.78, 5) is 21.7. The van der Waals surface area contributed by atoms with Crippen LogP contribution in [0.2, 0.25) is 5.02 Å². The van der Waals surface area contributed by atoms with Gasteiger partial charge in [-0.1, -0.05) is 11.6 Å². The molecule has 0 spiro atoms. The third kappa shape index (κ3) is 4.10. The van der Waals surface area contributed by atoms with Crippen molar-refractivity contribution in [1.29, 1.82) is 0 Å². The molecule has 6 rings (SSSR count). The Morgan fingerprint density at radius 1 is 0.974 bits per heavy atom. The molecule has 0 saturated heterocycles. The predicted octanol–water partition coefficient (Wildman–Crippen LogP) is 5.45. The van der Waals surface area contributed by atoms with Gasteiger partial charge in [0.2, 0.25) is 12.5 Å². The minimum absolute atomic E-state index is 0.119. The van der Waals surface area contributed by atoms with Crippen LogP contribution in [0.15, 0.2) is 42.5 Å². The predicted molar refractivity (Wildman–Crippen MR) is 145 cm³/mol. The second-order valence-electron chi connectivity index (χ2n) is 9.12. The van der Waals surface area contributed by atoms with E-state index in [1.807, 2.05) is 36.4 Å². The first-order chi connectivity index (χ1) is 18.9. The number of fused-ring (bicyclic) bond motifs is 3. The van der Waals surface area contributed by atoms with Crippen molar-refractivity contribution in [3.8, 4) is 28.7 Å². The summed E-state index contributed by atoms with van der Waals surface area (Å²) >= 11 is 6.23. The number of hydrogen-bond donors (Lipinski definition) is 1. The average Bonchev–Trinajstić information content (AvgIpc) is 3.59. The van der Waals surface area contributed by atoms with Crippen LogP contribution in [0.5, 0.6) is 28.7 Å². The van der Waals surface area contributed by atoms with Gasteiger partial charge in [0.05, 0.1) is 45.4 Å². The first kappa shape index (κ1) is 24.9. The fourth-order valence-corrected chi connectivity index (χ4v) is 5.53. The maximum absolute atomic E-state index is 13.6. The SMILES string of the molecule is COC(=O)[C@H]1C(c2nc3ccc(Cl)cc3[nH]2)=Cc2cc3c(cc2[C@H]1c1cc(OC)c(OC)c(OC)c1)OCO3. The van der Waals surface area contributed by atoms with Crippen LogP contribution in [0.25, 0.3) is 22.7 Å². The number of carbonyl (C=O) groups is 1. The quantitative estimate of drug-likeness (QED) is 0.318. The van der Waals surface area contributed by atoms with Crippen molar-refractivity contribution in [2.75, 3.05) is 35.2 Å². The number of nitrogens with zero attached hydrogens (tertiary/aromatic N) is 1. The molecule has 0 bridgehead atoms. The van der Waals surface area contributed by atoms with Crippen molar-refractivity contribution in [3.63, 3.8) is 0 Å². The molecule has 1 aliphatic carbocycles. The van der Waals surface area contributed by atoms with Gasteiger partial charge in [-0.05, 0) is 65.2 Å². The Morgan fingerprint density at radius 2 is 1.69 bits per heavy atom. The summed E-state index contributed by atoms with van der Waals surface area (Å²) < 4.78 is 33.6. The highest BCUT2D eigenvalue weighted by molar-refractivity contribution is 6.31. The Labute approximate surface area is 229 Å². The lowest BCUT2D eigenvalue weighted by Crippen LogP contribution is -2.29. The van der Waals surface area contributed by atoms with Crippen molar-refractivity contribution < 1.29 is 33.2 Å². The van der Waals surface area contributed by atoms with Gasteiger partial charge in [0.25, 0.3) is 0 Å². The first-order valence-electron chi connectivity index (χ1n) is 12.1. The van der Waals surface area contributed by atoms with Crippen LogP contribution in [0.3, 0.4) is 0 Å². The van der Waals surface area contributed by atoms with Gasteiger partial charge < -0.3 is 33.4 Å². The van der Waals surface area contributed by atoms with Gasteiger partial charge in [-0.3, -0.25) is 4.79 Å². The van der Waals surface area contributed by atoms with E-state index < -0.39 is 17.8 Å². The van der Waals surface area contributed by atoms with Crippen molar-refractivity contribution in [2.24, 2.45) is 5.92 Å². The molecule has 9 nitrogen and oxygen atoms in total. The minimum atomic E-state index is -0.776. The average molecular weight is 549 g/mol. The zero-order valence-corrected chi connectivity index (χ0v) is 22.4. The minimum Gasteiger partial charge on any atom is -0.493 e. The number of carbonyl (C=O) groups excluding carboxylic acids is 1. The lowest BCUT2D eigenvalue weighted by atomic mass is 9.71. The van der Waals surface area contributed by atoms with Gasteiger partial charge in [0.1, 0.15) is 5.82 Å². The fourth-order valence-electron chi connectivity index (χ4n) is 5.36. The molecule has 0 unspecified atom stereocenters. The molecule has 3 aromatic carbocycles. The Kier molecular flexibility index (Phi) is 6.23. The maximum atomic E-state index is 13.6. The fraction of sp³-hybridized carbons (Fsp3) is 0.241. The Hall–Kier alpha value is -4.37. The zero-order chi connectivity index (χ0) is 27.3. The van der Waals surface area contributed by atoms with Crippen LogP contribution < -0.4 is 23.7 Å². The number of methoxy groups -OCH3 is 4. The molecule has 1 aliphatic heterocycles. The van der Waals surface area contributed by atoms with Crippen molar-refractivity contribution >= 4 is 40.3 Å². The van der Waals surface area contributed by atoms with Gasteiger partial charge in [-0.15, -0.1) is 0 Å². The Bertz CT molecular complexity index is 1620. The van der Waals surface area contributed by atoms with Crippen LogP contribution in [0, 0.1) is 5.92 Å². The summed E-state index contributed by atoms with van der Waals surface area (Å²) in [6, 6.07) is 12.9. The van der Waals surface area contributed by atoms with E-state index in [4.69, 9.17) is 45.0 Å².